The fourth-order valence-electron chi connectivity index (χ4n) is 2.93. The molecular weight excluding hydrogens is 298 g/mol. The third kappa shape index (κ3) is 3.39. The van der Waals surface area contributed by atoms with Crippen molar-refractivity contribution in [3.05, 3.63) is 39.4 Å². The van der Waals surface area contributed by atoms with Gasteiger partial charge in [0.2, 0.25) is 0 Å². The lowest BCUT2D eigenvalue weighted by Gasteiger charge is -2.33. The van der Waals surface area contributed by atoms with E-state index in [1.165, 1.54) is 16.9 Å². The Morgan fingerprint density at radius 3 is 3.09 bits per heavy atom. The summed E-state index contributed by atoms with van der Waals surface area (Å²) in [6.45, 7) is 6.70. The Balaban J connectivity index is 1.59. The Morgan fingerprint density at radius 1 is 1.55 bits per heavy atom. The number of carbonyl (C=O) groups excluding carboxylic acids is 1. The van der Waals surface area contributed by atoms with E-state index in [4.69, 9.17) is 4.52 Å². The van der Waals surface area contributed by atoms with Gasteiger partial charge in [-0.05, 0) is 44.7 Å². The Bertz CT molecular complexity index is 616. The van der Waals surface area contributed by atoms with Crippen LogP contribution in [0.5, 0.6) is 0 Å². The molecule has 0 bridgehead atoms. The second-order valence-electron chi connectivity index (χ2n) is 5.83. The Morgan fingerprint density at radius 2 is 2.41 bits per heavy atom. The van der Waals surface area contributed by atoms with E-state index in [1.807, 2.05) is 31.4 Å². The van der Waals surface area contributed by atoms with Crippen LogP contribution in [-0.2, 0) is 6.54 Å². The maximum absolute atomic E-state index is 12.2. The normalized spacial score (nSPS) is 19.3. The number of piperidine rings is 1. The number of thiophene rings is 1. The number of amides is 1. The van der Waals surface area contributed by atoms with Crippen molar-refractivity contribution in [1.29, 1.82) is 0 Å². The topological polar surface area (TPSA) is 58.4 Å². The average Bonchev–Trinajstić information content (AvgIpc) is 3.13. The summed E-state index contributed by atoms with van der Waals surface area (Å²) in [6.07, 6.45) is 2.13. The molecule has 6 heteroatoms. The van der Waals surface area contributed by atoms with Crippen molar-refractivity contribution < 1.29 is 9.32 Å². The van der Waals surface area contributed by atoms with Crippen molar-refractivity contribution in [2.24, 2.45) is 0 Å². The van der Waals surface area contributed by atoms with Crippen molar-refractivity contribution in [2.45, 2.75) is 39.3 Å². The Labute approximate surface area is 134 Å². The summed E-state index contributed by atoms with van der Waals surface area (Å²) >= 11 is 1.48. The molecular formula is C16H21N3O2S. The SMILES string of the molecule is Cc1noc(C)c1CN1CCC[C@@H](NC(=O)c2cccs2)C1. The van der Waals surface area contributed by atoms with Crippen LogP contribution in [0.2, 0.25) is 0 Å². The first-order valence-corrected chi connectivity index (χ1v) is 8.50. The van der Waals surface area contributed by atoms with Crippen LogP contribution >= 0.6 is 11.3 Å². The molecule has 1 amide bonds. The van der Waals surface area contributed by atoms with E-state index in [2.05, 4.69) is 15.4 Å². The number of carbonyl (C=O) groups is 1. The average molecular weight is 319 g/mol. The molecule has 0 radical (unpaired) electrons. The van der Waals surface area contributed by atoms with E-state index < -0.39 is 0 Å². The molecule has 2 aromatic rings. The summed E-state index contributed by atoms with van der Waals surface area (Å²) in [5.41, 5.74) is 2.13. The molecule has 0 aliphatic carbocycles. The van der Waals surface area contributed by atoms with Gasteiger partial charge in [-0.2, -0.15) is 0 Å². The van der Waals surface area contributed by atoms with Crippen LogP contribution in [-0.4, -0.2) is 35.1 Å². The zero-order chi connectivity index (χ0) is 15.5. The lowest BCUT2D eigenvalue weighted by molar-refractivity contribution is 0.0904. The second-order valence-corrected chi connectivity index (χ2v) is 6.78. The van der Waals surface area contributed by atoms with Gasteiger partial charge in [-0.1, -0.05) is 11.2 Å². The van der Waals surface area contributed by atoms with Gasteiger partial charge in [0.25, 0.3) is 5.91 Å². The molecule has 1 aliphatic heterocycles. The zero-order valence-electron chi connectivity index (χ0n) is 13.0. The number of nitrogens with zero attached hydrogens (tertiary/aromatic N) is 2. The first-order valence-electron chi connectivity index (χ1n) is 7.62. The van der Waals surface area contributed by atoms with Crippen molar-refractivity contribution in [3.8, 4) is 0 Å². The molecule has 1 N–H and O–H groups in total. The van der Waals surface area contributed by atoms with Gasteiger partial charge in [-0.15, -0.1) is 11.3 Å². The molecule has 3 rings (SSSR count). The van der Waals surface area contributed by atoms with Gasteiger partial charge in [0.1, 0.15) is 5.76 Å². The first kappa shape index (κ1) is 15.2. The van der Waals surface area contributed by atoms with E-state index in [-0.39, 0.29) is 11.9 Å². The Kier molecular flexibility index (Phi) is 4.59. The Hall–Kier alpha value is -1.66. The van der Waals surface area contributed by atoms with Gasteiger partial charge < -0.3 is 9.84 Å². The highest BCUT2D eigenvalue weighted by Crippen LogP contribution is 2.19. The zero-order valence-corrected chi connectivity index (χ0v) is 13.8. The number of rotatable bonds is 4. The number of likely N-dealkylation sites (tertiary alicyclic amines) is 1. The predicted molar refractivity (Wildman–Crippen MR) is 86.1 cm³/mol. The molecule has 1 atom stereocenters. The highest BCUT2D eigenvalue weighted by Gasteiger charge is 2.23. The summed E-state index contributed by atoms with van der Waals surface area (Å²) in [5, 5.41) is 9.09. The first-order chi connectivity index (χ1) is 10.6. The monoisotopic (exact) mass is 319 g/mol. The van der Waals surface area contributed by atoms with Crippen LogP contribution in [0.1, 0.15) is 39.5 Å². The highest BCUT2D eigenvalue weighted by atomic mass is 32.1. The maximum Gasteiger partial charge on any atom is 0.261 e. The number of nitrogens with one attached hydrogen (secondary N) is 1. The summed E-state index contributed by atoms with van der Waals surface area (Å²) in [6, 6.07) is 3.98. The summed E-state index contributed by atoms with van der Waals surface area (Å²) in [7, 11) is 0. The minimum Gasteiger partial charge on any atom is -0.361 e. The smallest absolute Gasteiger partial charge is 0.261 e. The van der Waals surface area contributed by atoms with Crippen molar-refractivity contribution >= 4 is 17.2 Å². The van der Waals surface area contributed by atoms with E-state index in [0.29, 0.717) is 0 Å². The molecule has 1 fully saturated rings. The molecule has 0 aromatic carbocycles. The van der Waals surface area contributed by atoms with Gasteiger partial charge in [0.05, 0.1) is 10.6 Å². The third-order valence-corrected chi connectivity index (χ3v) is 5.02. The van der Waals surface area contributed by atoms with Crippen LogP contribution in [0.15, 0.2) is 22.0 Å². The molecule has 1 saturated heterocycles. The lowest BCUT2D eigenvalue weighted by Crippen LogP contribution is -2.47. The van der Waals surface area contributed by atoms with Gasteiger partial charge in [-0.25, -0.2) is 0 Å². The summed E-state index contributed by atoms with van der Waals surface area (Å²) in [5.74, 6) is 0.932. The number of hydrogen-bond acceptors (Lipinski definition) is 5. The molecule has 2 aromatic heterocycles. The van der Waals surface area contributed by atoms with E-state index in [9.17, 15) is 4.79 Å². The molecule has 118 valence electrons. The van der Waals surface area contributed by atoms with Crippen molar-refractivity contribution in [1.82, 2.24) is 15.4 Å². The summed E-state index contributed by atoms with van der Waals surface area (Å²) in [4.78, 5) is 15.3. The minimum absolute atomic E-state index is 0.0409. The van der Waals surface area contributed by atoms with Gasteiger partial charge >= 0.3 is 0 Å². The quantitative estimate of drug-likeness (QED) is 0.941. The molecule has 0 spiro atoms. The van der Waals surface area contributed by atoms with Crippen LogP contribution in [0.4, 0.5) is 0 Å². The van der Waals surface area contributed by atoms with Crippen molar-refractivity contribution in [3.63, 3.8) is 0 Å². The third-order valence-electron chi connectivity index (χ3n) is 4.15. The molecule has 1 aliphatic rings. The highest BCUT2D eigenvalue weighted by molar-refractivity contribution is 7.12. The fraction of sp³-hybridized carbons (Fsp3) is 0.500. The van der Waals surface area contributed by atoms with E-state index in [1.54, 1.807) is 0 Å². The molecule has 22 heavy (non-hydrogen) atoms. The van der Waals surface area contributed by atoms with Crippen LogP contribution < -0.4 is 5.32 Å². The number of aromatic nitrogens is 1. The largest absolute Gasteiger partial charge is 0.361 e. The fourth-order valence-corrected chi connectivity index (χ4v) is 3.56. The van der Waals surface area contributed by atoms with Gasteiger partial charge in [0.15, 0.2) is 0 Å². The van der Waals surface area contributed by atoms with E-state index >= 15 is 0 Å². The molecule has 0 saturated carbocycles. The maximum atomic E-state index is 12.2. The minimum atomic E-state index is 0.0409. The molecule has 3 heterocycles. The van der Waals surface area contributed by atoms with Gasteiger partial charge in [0, 0.05) is 24.7 Å². The van der Waals surface area contributed by atoms with Crippen LogP contribution in [0.25, 0.3) is 0 Å². The number of aryl methyl sites for hydroxylation is 2. The second kappa shape index (κ2) is 6.62. The lowest BCUT2D eigenvalue weighted by atomic mass is 10.0. The van der Waals surface area contributed by atoms with Crippen LogP contribution in [0.3, 0.4) is 0 Å². The van der Waals surface area contributed by atoms with E-state index in [0.717, 1.165) is 48.8 Å². The number of hydrogen-bond donors (Lipinski definition) is 1. The van der Waals surface area contributed by atoms with Crippen molar-refractivity contribution in [2.75, 3.05) is 13.1 Å². The predicted octanol–water partition coefficient (Wildman–Crippen LogP) is 2.75. The molecule has 0 unspecified atom stereocenters. The molecule has 5 nitrogen and oxygen atoms in total. The standard InChI is InChI=1S/C16H21N3O2S/c1-11-14(12(2)21-18-11)10-19-7-3-5-13(9-19)17-16(20)15-6-4-8-22-15/h4,6,8,13H,3,5,7,9-10H2,1-2H3,(H,17,20)/t13-/m1/s1. The summed E-state index contributed by atoms with van der Waals surface area (Å²) < 4.78 is 5.23. The van der Waals surface area contributed by atoms with Crippen LogP contribution in [0, 0.1) is 13.8 Å². The van der Waals surface area contributed by atoms with Gasteiger partial charge in [-0.3, -0.25) is 9.69 Å².